The van der Waals surface area contributed by atoms with Crippen LogP contribution in [0.15, 0.2) is 0 Å². The predicted octanol–water partition coefficient (Wildman–Crippen LogP) is 20.5. The van der Waals surface area contributed by atoms with E-state index in [9.17, 15) is 43.2 Å². The van der Waals surface area contributed by atoms with Gasteiger partial charge >= 0.3 is 39.5 Å². The average Bonchev–Trinajstić information content (AvgIpc) is 3.73. The first-order valence-corrected chi connectivity index (χ1v) is 40.1. The molecule has 17 nitrogen and oxygen atoms in total. The summed E-state index contributed by atoms with van der Waals surface area (Å²) in [6.07, 6.45) is 51.3. The number of phosphoric acid groups is 2. The predicted molar refractivity (Wildman–Crippen MR) is 363 cm³/mol. The van der Waals surface area contributed by atoms with Crippen LogP contribution in [0.5, 0.6) is 0 Å². The fourth-order valence-electron chi connectivity index (χ4n) is 10.8. The summed E-state index contributed by atoms with van der Waals surface area (Å²) in [6.45, 7) is 7.23. The highest BCUT2D eigenvalue weighted by Crippen LogP contribution is 2.45. The third-order valence-electron chi connectivity index (χ3n) is 16.5. The summed E-state index contributed by atoms with van der Waals surface area (Å²) < 4.78 is 68.3. The van der Waals surface area contributed by atoms with Crippen molar-refractivity contribution in [2.45, 2.75) is 387 Å². The Hall–Kier alpha value is -1.94. The van der Waals surface area contributed by atoms with Gasteiger partial charge in [-0.25, -0.2) is 9.13 Å². The molecule has 0 spiro atoms. The molecule has 0 aromatic heterocycles. The van der Waals surface area contributed by atoms with Crippen molar-refractivity contribution in [1.82, 2.24) is 0 Å². The minimum Gasteiger partial charge on any atom is -0.462 e. The third kappa shape index (κ3) is 64.8. The summed E-state index contributed by atoms with van der Waals surface area (Å²) in [5.41, 5.74) is 0. The zero-order chi connectivity index (χ0) is 66.3. The Kier molecular flexibility index (Phi) is 63.0. The van der Waals surface area contributed by atoms with Crippen molar-refractivity contribution in [3.63, 3.8) is 0 Å². The zero-order valence-electron chi connectivity index (χ0n) is 58.3. The highest BCUT2D eigenvalue weighted by atomic mass is 31.2. The Balaban J connectivity index is 5.22. The molecule has 3 N–H and O–H groups in total. The van der Waals surface area contributed by atoms with E-state index in [1.807, 2.05) is 0 Å². The standard InChI is InChI=1S/C71H138O17P2/c1-6-9-12-15-18-21-23-25-27-29-31-36-41-46-51-56-70(75)88-67(61-82-69(74)55-50-45-40-35-30-28-26-24-22-19-16-13-10-7-2)63-86-90(79,80)84-59-65(72)58-83-89(77,78)85-62-66(60-81-68(73)54-49-44-39-20-17-14-11-8-3)87-71(76)57-52-47-42-37-33-32-34-38-43-48-53-64(4)5/h64-67,72H,6-63H2,1-5H3,(H,77,78)(H,79,80)/t65-,66+,67+/m0/s1. The maximum atomic E-state index is 13.0. The van der Waals surface area contributed by atoms with Crippen LogP contribution in [0.4, 0.5) is 0 Å². The molecule has 0 saturated carbocycles. The summed E-state index contributed by atoms with van der Waals surface area (Å²) in [5, 5.41) is 10.6. The van der Waals surface area contributed by atoms with Crippen LogP contribution >= 0.6 is 15.6 Å². The van der Waals surface area contributed by atoms with E-state index in [0.717, 1.165) is 102 Å². The van der Waals surface area contributed by atoms with E-state index < -0.39 is 97.5 Å². The number of rotatable bonds is 71. The van der Waals surface area contributed by atoms with Gasteiger partial charge in [0, 0.05) is 25.7 Å². The molecular formula is C71H138O17P2. The maximum absolute atomic E-state index is 13.0. The van der Waals surface area contributed by atoms with Gasteiger partial charge in [0.15, 0.2) is 12.2 Å². The zero-order valence-corrected chi connectivity index (χ0v) is 60.1. The van der Waals surface area contributed by atoms with Crippen molar-refractivity contribution >= 4 is 39.5 Å². The van der Waals surface area contributed by atoms with Crippen LogP contribution in [-0.2, 0) is 65.4 Å². The molecule has 0 aliphatic carbocycles. The first-order chi connectivity index (χ1) is 43.5. The number of esters is 4. The van der Waals surface area contributed by atoms with Crippen molar-refractivity contribution < 1.29 is 80.2 Å². The lowest BCUT2D eigenvalue weighted by Crippen LogP contribution is -2.30. The van der Waals surface area contributed by atoms with Gasteiger partial charge in [-0.05, 0) is 31.6 Å². The van der Waals surface area contributed by atoms with E-state index in [4.69, 9.17) is 37.0 Å². The van der Waals surface area contributed by atoms with E-state index in [1.54, 1.807) is 0 Å². The maximum Gasteiger partial charge on any atom is 0.472 e. The van der Waals surface area contributed by atoms with Gasteiger partial charge in [0.1, 0.15) is 19.3 Å². The van der Waals surface area contributed by atoms with Crippen LogP contribution in [-0.4, -0.2) is 96.7 Å². The first-order valence-electron chi connectivity index (χ1n) is 37.1. The Bertz CT molecular complexity index is 1740. The van der Waals surface area contributed by atoms with Gasteiger partial charge in [0.05, 0.1) is 26.4 Å². The van der Waals surface area contributed by atoms with Crippen LogP contribution in [0, 0.1) is 5.92 Å². The van der Waals surface area contributed by atoms with Crippen molar-refractivity contribution in [3.05, 3.63) is 0 Å². The van der Waals surface area contributed by atoms with Crippen LogP contribution in [0.25, 0.3) is 0 Å². The Labute approximate surface area is 549 Å². The molecular weight excluding hydrogens is 1190 g/mol. The Morgan fingerprint density at radius 3 is 0.756 bits per heavy atom. The second-order valence-corrected chi connectivity index (χ2v) is 29.0. The lowest BCUT2D eigenvalue weighted by atomic mass is 10.0. The number of unbranched alkanes of at least 4 members (excludes halogenated alkanes) is 43. The molecule has 0 amide bonds. The summed E-state index contributed by atoms with van der Waals surface area (Å²) >= 11 is 0. The summed E-state index contributed by atoms with van der Waals surface area (Å²) in [4.78, 5) is 72.5. The molecule has 0 bridgehead atoms. The Morgan fingerprint density at radius 1 is 0.300 bits per heavy atom. The average molecular weight is 1330 g/mol. The van der Waals surface area contributed by atoms with Gasteiger partial charge in [-0.3, -0.25) is 37.3 Å². The monoisotopic (exact) mass is 1320 g/mol. The van der Waals surface area contributed by atoms with Gasteiger partial charge in [-0.15, -0.1) is 0 Å². The molecule has 0 aliphatic heterocycles. The van der Waals surface area contributed by atoms with E-state index in [-0.39, 0.29) is 25.7 Å². The van der Waals surface area contributed by atoms with Gasteiger partial charge in [-0.2, -0.15) is 0 Å². The summed E-state index contributed by atoms with van der Waals surface area (Å²) in [5.74, 6) is -1.37. The number of aliphatic hydroxyl groups is 1. The van der Waals surface area contributed by atoms with Gasteiger partial charge in [-0.1, -0.05) is 317 Å². The number of carbonyl (C=O) groups excluding carboxylic acids is 4. The summed E-state index contributed by atoms with van der Waals surface area (Å²) in [7, 11) is -9.90. The van der Waals surface area contributed by atoms with Crippen LogP contribution in [0.1, 0.15) is 369 Å². The molecule has 0 heterocycles. The largest absolute Gasteiger partial charge is 0.472 e. The first kappa shape index (κ1) is 88.1. The molecule has 0 rings (SSSR count). The van der Waals surface area contributed by atoms with Gasteiger partial charge < -0.3 is 33.8 Å². The van der Waals surface area contributed by atoms with Crippen LogP contribution in [0.2, 0.25) is 0 Å². The molecule has 0 aliphatic rings. The quantitative estimate of drug-likeness (QED) is 0.0222. The molecule has 2 unspecified atom stereocenters. The number of hydrogen-bond donors (Lipinski definition) is 3. The van der Waals surface area contributed by atoms with Gasteiger partial charge in [0.25, 0.3) is 0 Å². The normalized spacial score (nSPS) is 14.1. The van der Waals surface area contributed by atoms with E-state index in [2.05, 4.69) is 34.6 Å². The number of carbonyl (C=O) groups is 4. The Morgan fingerprint density at radius 2 is 0.511 bits per heavy atom. The van der Waals surface area contributed by atoms with Crippen molar-refractivity contribution in [2.75, 3.05) is 39.6 Å². The molecule has 90 heavy (non-hydrogen) atoms. The second-order valence-electron chi connectivity index (χ2n) is 26.1. The smallest absolute Gasteiger partial charge is 0.462 e. The van der Waals surface area contributed by atoms with E-state index in [1.165, 1.54) is 186 Å². The van der Waals surface area contributed by atoms with Crippen LogP contribution in [0.3, 0.4) is 0 Å². The molecule has 19 heteroatoms. The molecule has 0 aromatic rings. The van der Waals surface area contributed by atoms with Gasteiger partial charge in [0.2, 0.25) is 0 Å². The highest BCUT2D eigenvalue weighted by molar-refractivity contribution is 7.47. The molecule has 0 radical (unpaired) electrons. The minimum atomic E-state index is -4.95. The van der Waals surface area contributed by atoms with Crippen molar-refractivity contribution in [1.29, 1.82) is 0 Å². The third-order valence-corrected chi connectivity index (χ3v) is 18.4. The SMILES string of the molecule is CCCCCCCCCCCCCCCCCC(=O)O[C@H](COC(=O)CCCCCCCCCCCCCCCC)COP(=O)(O)OC[C@@H](O)COP(=O)(O)OC[C@@H](COC(=O)CCCCCCCCCC)OC(=O)CCCCCCCCCCCCC(C)C. The molecule has 5 atom stereocenters. The minimum absolute atomic E-state index is 0.106. The molecule has 0 saturated heterocycles. The van der Waals surface area contributed by atoms with E-state index >= 15 is 0 Å². The van der Waals surface area contributed by atoms with Crippen LogP contribution < -0.4 is 0 Å². The fraction of sp³-hybridized carbons (Fsp3) is 0.944. The fourth-order valence-corrected chi connectivity index (χ4v) is 12.4. The van der Waals surface area contributed by atoms with Crippen molar-refractivity contribution in [3.8, 4) is 0 Å². The van der Waals surface area contributed by atoms with E-state index in [0.29, 0.717) is 25.7 Å². The number of phosphoric ester groups is 2. The molecule has 0 fully saturated rings. The second kappa shape index (κ2) is 64.4. The number of ether oxygens (including phenoxy) is 4. The number of hydrogen-bond acceptors (Lipinski definition) is 15. The van der Waals surface area contributed by atoms with Crippen molar-refractivity contribution in [2.24, 2.45) is 5.92 Å². The lowest BCUT2D eigenvalue weighted by Gasteiger charge is -2.21. The number of aliphatic hydroxyl groups excluding tert-OH is 1. The summed E-state index contributed by atoms with van der Waals surface area (Å²) in [6, 6.07) is 0. The lowest BCUT2D eigenvalue weighted by molar-refractivity contribution is -0.161. The molecule has 0 aromatic carbocycles. The highest BCUT2D eigenvalue weighted by Gasteiger charge is 2.30. The topological polar surface area (TPSA) is 237 Å². The molecule has 534 valence electrons.